The summed E-state index contributed by atoms with van der Waals surface area (Å²) in [5, 5.41) is 4.86. The SMILES string of the molecule is CN(C(=O)[C@@]12C[C@H]1/C=C\CCCCC[C@H](NC(=O)OC(C)(C)C)C(=O)N1C[C@H](OC(=O)N3Cc4cccc(F)c4C3)CC1C(=O)N2)S(=O)(=O)C1CC1. The van der Waals surface area contributed by atoms with Crippen molar-refractivity contribution in [3.63, 3.8) is 0 Å². The summed E-state index contributed by atoms with van der Waals surface area (Å²) in [6.45, 7) is 5.02. The Morgan fingerprint density at radius 2 is 1.83 bits per heavy atom. The van der Waals surface area contributed by atoms with Crippen LogP contribution < -0.4 is 10.6 Å². The smallest absolute Gasteiger partial charge is 0.410 e. The molecular formula is C36H48FN5O9S. The standard InChI is InChI=1S/C36H48FN5O9S/c1-35(2,3)51-33(46)38-28-14-9-7-5-6-8-12-23-18-36(23,32(45)40(4)52(48,49)25-15-16-25)39-30(43)29-17-24(20-42(29)31(28)44)50-34(47)41-19-22-11-10-13-27(37)26(22)21-41/h8,10-13,23-25,28-29H,5-7,9,14-21H2,1-4H3,(H,38,46)(H,39,43)/b12-8-/t23-,24-,28+,29?,36-/m1/s1. The molecule has 3 aliphatic heterocycles. The molecule has 0 aromatic heterocycles. The van der Waals surface area contributed by atoms with Crippen LogP contribution in [0.1, 0.15) is 89.7 Å². The van der Waals surface area contributed by atoms with Crippen molar-refractivity contribution < 1.29 is 46.3 Å². The van der Waals surface area contributed by atoms with Crippen LogP contribution in [0, 0.1) is 11.7 Å². The molecule has 14 nitrogen and oxygen atoms in total. The number of hydrogen-bond acceptors (Lipinski definition) is 9. The van der Waals surface area contributed by atoms with Crippen molar-refractivity contribution in [1.29, 1.82) is 0 Å². The van der Waals surface area contributed by atoms with Gasteiger partial charge in [-0.25, -0.2) is 26.7 Å². The largest absolute Gasteiger partial charge is 0.444 e. The van der Waals surface area contributed by atoms with Gasteiger partial charge in [-0.1, -0.05) is 37.1 Å². The van der Waals surface area contributed by atoms with Crippen LogP contribution in [0.15, 0.2) is 30.4 Å². The molecule has 16 heteroatoms. The maximum atomic E-state index is 14.4. The van der Waals surface area contributed by atoms with Crippen molar-refractivity contribution in [2.45, 2.75) is 126 Å². The number of ether oxygens (including phenoxy) is 2. The van der Waals surface area contributed by atoms with Crippen molar-refractivity contribution in [2.75, 3.05) is 13.6 Å². The summed E-state index contributed by atoms with van der Waals surface area (Å²) in [7, 11) is -2.70. The minimum Gasteiger partial charge on any atom is -0.444 e. The predicted octanol–water partition coefficient (Wildman–Crippen LogP) is 3.49. The Kier molecular flexibility index (Phi) is 10.3. The van der Waals surface area contributed by atoms with Gasteiger partial charge in [-0.2, -0.15) is 0 Å². The van der Waals surface area contributed by atoms with Gasteiger partial charge < -0.3 is 25.0 Å². The molecule has 6 rings (SSSR count). The zero-order valence-corrected chi connectivity index (χ0v) is 30.9. The van der Waals surface area contributed by atoms with Gasteiger partial charge in [0.15, 0.2) is 0 Å². The first kappa shape index (κ1) is 37.5. The summed E-state index contributed by atoms with van der Waals surface area (Å²) in [4.78, 5) is 71.4. The highest BCUT2D eigenvalue weighted by molar-refractivity contribution is 7.90. The minimum absolute atomic E-state index is 0.00117. The normalized spacial score (nSPS) is 28.6. The third kappa shape index (κ3) is 7.91. The second kappa shape index (κ2) is 14.3. The molecule has 1 aromatic carbocycles. The van der Waals surface area contributed by atoms with Crippen molar-refractivity contribution >= 4 is 39.9 Å². The topological polar surface area (TPSA) is 172 Å². The van der Waals surface area contributed by atoms with E-state index in [0.717, 1.165) is 17.1 Å². The molecule has 2 aliphatic carbocycles. The molecule has 1 aromatic rings. The summed E-state index contributed by atoms with van der Waals surface area (Å²) in [6.07, 6.45) is 5.18. The van der Waals surface area contributed by atoms with E-state index < -0.39 is 86.2 Å². The molecule has 1 saturated heterocycles. The zero-order valence-electron chi connectivity index (χ0n) is 30.1. The first-order chi connectivity index (χ1) is 24.5. The number of benzene rings is 1. The van der Waals surface area contributed by atoms with E-state index >= 15 is 0 Å². The highest BCUT2D eigenvalue weighted by Gasteiger charge is 2.63. The minimum atomic E-state index is -3.91. The summed E-state index contributed by atoms with van der Waals surface area (Å²) in [5.74, 6) is -2.96. The highest BCUT2D eigenvalue weighted by atomic mass is 32.2. The molecule has 1 unspecified atom stereocenters. The molecule has 5 atom stereocenters. The molecule has 52 heavy (non-hydrogen) atoms. The van der Waals surface area contributed by atoms with Crippen LogP contribution in [-0.4, -0.2) is 101 Å². The Hall–Kier alpha value is -4.21. The fraction of sp³-hybridized carbons (Fsp3) is 0.639. The van der Waals surface area contributed by atoms with E-state index in [-0.39, 0.29) is 38.9 Å². The number of hydrogen-bond donors (Lipinski definition) is 2. The molecule has 0 spiro atoms. The molecule has 2 saturated carbocycles. The molecule has 0 bridgehead atoms. The van der Waals surface area contributed by atoms with E-state index in [2.05, 4.69) is 10.6 Å². The number of nitrogens with zero attached hydrogens (tertiary/aromatic N) is 3. The monoisotopic (exact) mass is 745 g/mol. The van der Waals surface area contributed by atoms with E-state index in [1.54, 1.807) is 32.9 Å². The Balaban J connectivity index is 1.27. The first-order valence-corrected chi connectivity index (χ1v) is 19.5. The van der Waals surface area contributed by atoms with Gasteiger partial charge in [-0.15, -0.1) is 0 Å². The Bertz CT molecular complexity index is 1760. The van der Waals surface area contributed by atoms with Gasteiger partial charge in [0.05, 0.1) is 18.3 Å². The van der Waals surface area contributed by atoms with Gasteiger partial charge >= 0.3 is 12.2 Å². The van der Waals surface area contributed by atoms with E-state index in [4.69, 9.17) is 9.47 Å². The van der Waals surface area contributed by atoms with Gasteiger partial charge in [0, 0.05) is 31.5 Å². The molecule has 5 amide bonds. The number of rotatable bonds is 5. The number of carbonyl (C=O) groups is 5. The average Bonchev–Trinajstić information content (AvgIpc) is 3.95. The van der Waals surface area contributed by atoms with Crippen molar-refractivity contribution in [3.8, 4) is 0 Å². The Morgan fingerprint density at radius 1 is 1.08 bits per heavy atom. The summed E-state index contributed by atoms with van der Waals surface area (Å²) in [5.41, 5.74) is -1.35. The number of fused-ring (bicyclic) bond motifs is 3. The summed E-state index contributed by atoms with van der Waals surface area (Å²) in [6, 6.07) is 2.30. The van der Waals surface area contributed by atoms with Crippen LogP contribution >= 0.6 is 0 Å². The second-order valence-corrected chi connectivity index (χ2v) is 17.8. The van der Waals surface area contributed by atoms with Crippen LogP contribution in [0.2, 0.25) is 0 Å². The highest BCUT2D eigenvalue weighted by Crippen LogP contribution is 2.47. The fourth-order valence-corrected chi connectivity index (χ4v) is 8.88. The number of carbonyl (C=O) groups excluding carboxylic acids is 5. The molecule has 284 valence electrons. The molecular weight excluding hydrogens is 697 g/mol. The number of allylic oxidation sites excluding steroid dienone is 1. The molecule has 0 radical (unpaired) electrons. The average molecular weight is 746 g/mol. The van der Waals surface area contributed by atoms with Crippen LogP contribution in [0.5, 0.6) is 0 Å². The zero-order chi connectivity index (χ0) is 37.6. The Morgan fingerprint density at radius 3 is 2.52 bits per heavy atom. The number of amides is 5. The first-order valence-electron chi connectivity index (χ1n) is 18.0. The van der Waals surface area contributed by atoms with E-state index in [0.29, 0.717) is 36.8 Å². The van der Waals surface area contributed by atoms with E-state index in [9.17, 15) is 36.8 Å². The molecule has 5 aliphatic rings. The number of nitrogens with one attached hydrogen (secondary N) is 2. The third-order valence-corrected chi connectivity index (χ3v) is 12.6. The lowest BCUT2D eigenvalue weighted by Gasteiger charge is -2.31. The Labute approximate surface area is 303 Å². The van der Waals surface area contributed by atoms with Crippen LogP contribution in [0.25, 0.3) is 0 Å². The quantitative estimate of drug-likeness (QED) is 0.429. The van der Waals surface area contributed by atoms with E-state index in [1.807, 2.05) is 12.2 Å². The summed E-state index contributed by atoms with van der Waals surface area (Å²) < 4.78 is 52.6. The number of sulfonamides is 1. The van der Waals surface area contributed by atoms with Gasteiger partial charge in [-0.05, 0) is 70.9 Å². The van der Waals surface area contributed by atoms with Crippen LogP contribution in [0.4, 0.5) is 14.0 Å². The predicted molar refractivity (Wildman–Crippen MR) is 185 cm³/mol. The van der Waals surface area contributed by atoms with Crippen LogP contribution in [0.3, 0.4) is 0 Å². The summed E-state index contributed by atoms with van der Waals surface area (Å²) >= 11 is 0. The van der Waals surface area contributed by atoms with E-state index in [1.165, 1.54) is 22.9 Å². The van der Waals surface area contributed by atoms with Gasteiger partial charge in [0.25, 0.3) is 5.91 Å². The fourth-order valence-electron chi connectivity index (χ4n) is 7.31. The van der Waals surface area contributed by atoms with Crippen molar-refractivity contribution in [1.82, 2.24) is 24.7 Å². The number of halogens is 1. The lowest BCUT2D eigenvalue weighted by atomic mass is 10.0. The van der Waals surface area contributed by atoms with Crippen molar-refractivity contribution in [3.05, 3.63) is 47.3 Å². The molecule has 3 fully saturated rings. The number of alkyl carbamates (subject to hydrolysis) is 1. The van der Waals surface area contributed by atoms with Crippen LogP contribution in [-0.2, 0) is 47.0 Å². The lowest BCUT2D eigenvalue weighted by Crippen LogP contribution is -2.58. The van der Waals surface area contributed by atoms with Gasteiger partial charge in [0.2, 0.25) is 21.8 Å². The maximum Gasteiger partial charge on any atom is 0.410 e. The third-order valence-electron chi connectivity index (χ3n) is 10.4. The lowest BCUT2D eigenvalue weighted by molar-refractivity contribution is -0.141. The van der Waals surface area contributed by atoms with Crippen molar-refractivity contribution in [2.24, 2.45) is 5.92 Å². The van der Waals surface area contributed by atoms with Gasteiger partial charge in [0.1, 0.15) is 35.1 Å². The van der Waals surface area contributed by atoms with Gasteiger partial charge in [-0.3, -0.25) is 19.3 Å². The maximum absolute atomic E-state index is 14.4. The molecule has 3 heterocycles. The molecule has 2 N–H and O–H groups in total. The second-order valence-electron chi connectivity index (χ2n) is 15.5. The number of likely N-dealkylation sites (N-methyl/N-ethyl adjacent to an activating group) is 1.